The van der Waals surface area contributed by atoms with Crippen molar-refractivity contribution >= 4 is 12.0 Å². The SMILES string of the molecule is Cc1ccc(CNC(=O)NCC(C)CCC(=O)O)o1. The molecule has 0 radical (unpaired) electrons. The molecule has 1 aromatic heterocycles. The first-order chi connectivity index (χ1) is 8.97. The Kier molecular flexibility index (Phi) is 5.92. The molecule has 0 spiro atoms. The highest BCUT2D eigenvalue weighted by molar-refractivity contribution is 5.73. The molecule has 6 heteroatoms. The molecule has 0 fully saturated rings. The number of aryl methyl sites for hydroxylation is 1. The fourth-order valence-corrected chi connectivity index (χ4v) is 1.55. The quantitative estimate of drug-likeness (QED) is 0.704. The molecule has 0 aliphatic carbocycles. The summed E-state index contributed by atoms with van der Waals surface area (Å²) in [6.07, 6.45) is 0.670. The summed E-state index contributed by atoms with van der Waals surface area (Å²) in [5.41, 5.74) is 0. The van der Waals surface area contributed by atoms with Crippen LogP contribution >= 0.6 is 0 Å². The number of nitrogens with one attached hydrogen (secondary N) is 2. The molecule has 0 bridgehead atoms. The average molecular weight is 268 g/mol. The van der Waals surface area contributed by atoms with Crippen molar-refractivity contribution in [2.45, 2.75) is 33.2 Å². The minimum absolute atomic E-state index is 0.121. The van der Waals surface area contributed by atoms with E-state index in [9.17, 15) is 9.59 Å². The molecule has 0 aliphatic heterocycles. The van der Waals surface area contributed by atoms with Crippen LogP contribution in [0.5, 0.6) is 0 Å². The summed E-state index contributed by atoms with van der Waals surface area (Å²) in [5.74, 6) is 0.822. The molecule has 1 unspecified atom stereocenters. The van der Waals surface area contributed by atoms with Crippen LogP contribution < -0.4 is 10.6 Å². The summed E-state index contributed by atoms with van der Waals surface area (Å²) >= 11 is 0. The van der Waals surface area contributed by atoms with Crippen LogP contribution in [-0.2, 0) is 11.3 Å². The average Bonchev–Trinajstić information content (AvgIpc) is 2.77. The lowest BCUT2D eigenvalue weighted by Crippen LogP contribution is -2.37. The maximum absolute atomic E-state index is 11.5. The van der Waals surface area contributed by atoms with Gasteiger partial charge in [-0.05, 0) is 31.4 Å². The van der Waals surface area contributed by atoms with Gasteiger partial charge in [-0.2, -0.15) is 0 Å². The largest absolute Gasteiger partial charge is 0.481 e. The van der Waals surface area contributed by atoms with Gasteiger partial charge in [-0.25, -0.2) is 4.79 Å². The lowest BCUT2D eigenvalue weighted by atomic mass is 10.1. The molecule has 106 valence electrons. The van der Waals surface area contributed by atoms with Gasteiger partial charge in [-0.3, -0.25) is 4.79 Å². The summed E-state index contributed by atoms with van der Waals surface area (Å²) in [4.78, 5) is 21.9. The van der Waals surface area contributed by atoms with E-state index in [2.05, 4.69) is 10.6 Å². The van der Waals surface area contributed by atoms with E-state index in [1.54, 1.807) is 0 Å². The number of urea groups is 1. The van der Waals surface area contributed by atoms with Gasteiger partial charge in [0.1, 0.15) is 11.5 Å². The predicted molar refractivity (Wildman–Crippen MR) is 69.7 cm³/mol. The number of carbonyl (C=O) groups is 2. The van der Waals surface area contributed by atoms with Gasteiger partial charge in [0.05, 0.1) is 6.54 Å². The third-order valence-corrected chi connectivity index (χ3v) is 2.68. The Morgan fingerprint density at radius 3 is 2.68 bits per heavy atom. The molecule has 19 heavy (non-hydrogen) atoms. The highest BCUT2D eigenvalue weighted by Crippen LogP contribution is 2.05. The molecule has 1 atom stereocenters. The monoisotopic (exact) mass is 268 g/mol. The molecule has 6 nitrogen and oxygen atoms in total. The van der Waals surface area contributed by atoms with Crippen molar-refractivity contribution in [1.29, 1.82) is 0 Å². The van der Waals surface area contributed by atoms with E-state index in [0.717, 1.165) is 5.76 Å². The number of carboxylic acid groups (broad SMARTS) is 1. The highest BCUT2D eigenvalue weighted by Gasteiger charge is 2.08. The standard InChI is InChI=1S/C13H20N2O4/c1-9(3-6-12(16)17)7-14-13(18)15-8-11-5-4-10(2)19-11/h4-5,9H,3,6-8H2,1-2H3,(H,16,17)(H2,14,15,18). The van der Waals surface area contributed by atoms with Gasteiger partial charge < -0.3 is 20.2 Å². The molecule has 0 aromatic carbocycles. The third-order valence-electron chi connectivity index (χ3n) is 2.68. The van der Waals surface area contributed by atoms with Crippen molar-refractivity contribution in [3.8, 4) is 0 Å². The van der Waals surface area contributed by atoms with Gasteiger partial charge >= 0.3 is 12.0 Å². The summed E-state index contributed by atoms with van der Waals surface area (Å²) in [5, 5.41) is 13.9. The molecule has 1 heterocycles. The van der Waals surface area contributed by atoms with E-state index in [-0.39, 0.29) is 18.4 Å². The second-order valence-electron chi connectivity index (χ2n) is 4.61. The highest BCUT2D eigenvalue weighted by atomic mass is 16.4. The van der Waals surface area contributed by atoms with E-state index in [4.69, 9.17) is 9.52 Å². The van der Waals surface area contributed by atoms with Crippen molar-refractivity contribution < 1.29 is 19.1 Å². The number of hydrogen-bond acceptors (Lipinski definition) is 3. The summed E-state index contributed by atoms with van der Waals surface area (Å²) in [7, 11) is 0. The molecule has 0 saturated carbocycles. The first-order valence-corrected chi connectivity index (χ1v) is 6.26. The Balaban J connectivity index is 2.15. The number of amides is 2. The number of hydrogen-bond donors (Lipinski definition) is 3. The third kappa shape index (κ3) is 6.49. The Bertz CT molecular complexity index is 428. The van der Waals surface area contributed by atoms with Crippen molar-refractivity contribution in [2.24, 2.45) is 5.92 Å². The molecule has 0 saturated heterocycles. The lowest BCUT2D eigenvalue weighted by Gasteiger charge is -2.11. The maximum atomic E-state index is 11.5. The number of carboxylic acids is 1. The topological polar surface area (TPSA) is 91.6 Å². The first kappa shape index (κ1) is 15.1. The van der Waals surface area contributed by atoms with Crippen LogP contribution in [0.4, 0.5) is 4.79 Å². The van der Waals surface area contributed by atoms with Crippen molar-refractivity contribution in [3.05, 3.63) is 23.7 Å². The molecule has 1 rings (SSSR count). The second kappa shape index (κ2) is 7.45. The van der Waals surface area contributed by atoms with Gasteiger partial charge in [0.15, 0.2) is 0 Å². The van der Waals surface area contributed by atoms with Crippen molar-refractivity contribution in [2.75, 3.05) is 6.54 Å². The van der Waals surface area contributed by atoms with E-state index in [1.807, 2.05) is 26.0 Å². The molecular formula is C13H20N2O4. The van der Waals surface area contributed by atoms with Crippen LogP contribution in [0.1, 0.15) is 31.3 Å². The van der Waals surface area contributed by atoms with E-state index in [1.165, 1.54) is 0 Å². The first-order valence-electron chi connectivity index (χ1n) is 6.26. The molecule has 1 aromatic rings. The molecule has 2 amide bonds. The number of carbonyl (C=O) groups excluding carboxylic acids is 1. The van der Waals surface area contributed by atoms with Crippen LogP contribution in [0.25, 0.3) is 0 Å². The van der Waals surface area contributed by atoms with Gasteiger partial charge in [0.25, 0.3) is 0 Å². The molecule has 0 aliphatic rings. The predicted octanol–water partition coefficient (Wildman–Crippen LogP) is 1.89. The van der Waals surface area contributed by atoms with Crippen LogP contribution in [0.3, 0.4) is 0 Å². The number of rotatable bonds is 7. The second-order valence-corrected chi connectivity index (χ2v) is 4.61. The molecule has 3 N–H and O–H groups in total. The minimum Gasteiger partial charge on any atom is -0.481 e. The van der Waals surface area contributed by atoms with E-state index < -0.39 is 5.97 Å². The van der Waals surface area contributed by atoms with Crippen LogP contribution in [-0.4, -0.2) is 23.7 Å². The smallest absolute Gasteiger partial charge is 0.315 e. The zero-order chi connectivity index (χ0) is 14.3. The number of aliphatic carboxylic acids is 1. The van der Waals surface area contributed by atoms with Gasteiger partial charge in [-0.15, -0.1) is 0 Å². The fraction of sp³-hybridized carbons (Fsp3) is 0.538. The Morgan fingerprint density at radius 1 is 1.37 bits per heavy atom. The summed E-state index contributed by atoms with van der Waals surface area (Å²) in [6.45, 7) is 4.53. The van der Waals surface area contributed by atoms with Gasteiger partial charge in [0.2, 0.25) is 0 Å². The zero-order valence-corrected chi connectivity index (χ0v) is 11.2. The Morgan fingerprint density at radius 2 is 2.11 bits per heavy atom. The summed E-state index contributed by atoms with van der Waals surface area (Å²) in [6, 6.07) is 3.37. The fourth-order valence-electron chi connectivity index (χ4n) is 1.55. The molecular weight excluding hydrogens is 248 g/mol. The Hall–Kier alpha value is -1.98. The van der Waals surface area contributed by atoms with Crippen LogP contribution in [0.15, 0.2) is 16.5 Å². The zero-order valence-electron chi connectivity index (χ0n) is 11.2. The van der Waals surface area contributed by atoms with Gasteiger partial charge in [0, 0.05) is 13.0 Å². The van der Waals surface area contributed by atoms with Crippen LogP contribution in [0, 0.1) is 12.8 Å². The van der Waals surface area contributed by atoms with Crippen LogP contribution in [0.2, 0.25) is 0 Å². The normalized spacial score (nSPS) is 11.9. The Labute approximate surface area is 112 Å². The van der Waals surface area contributed by atoms with E-state index >= 15 is 0 Å². The van der Waals surface area contributed by atoms with Crippen molar-refractivity contribution in [3.63, 3.8) is 0 Å². The minimum atomic E-state index is -0.815. The maximum Gasteiger partial charge on any atom is 0.315 e. The van der Waals surface area contributed by atoms with Gasteiger partial charge in [-0.1, -0.05) is 6.92 Å². The lowest BCUT2D eigenvalue weighted by molar-refractivity contribution is -0.137. The van der Waals surface area contributed by atoms with Crippen molar-refractivity contribution in [1.82, 2.24) is 10.6 Å². The van der Waals surface area contributed by atoms with E-state index in [0.29, 0.717) is 25.3 Å². The summed E-state index contributed by atoms with van der Waals surface area (Å²) < 4.78 is 5.32. The number of furan rings is 1.